The van der Waals surface area contributed by atoms with Crippen LogP contribution in [0.3, 0.4) is 0 Å². The second-order valence-electron chi connectivity index (χ2n) is 5.16. The average Bonchev–Trinajstić information content (AvgIpc) is 2.92. The third kappa shape index (κ3) is 3.99. The number of aromatic nitrogens is 1. The Hall–Kier alpha value is -2.67. The number of ether oxygens (including phenoxy) is 1. The summed E-state index contributed by atoms with van der Waals surface area (Å²) in [7, 11) is 0. The topological polar surface area (TPSA) is 85.4 Å². The van der Waals surface area contributed by atoms with Crippen molar-refractivity contribution in [3.8, 4) is 5.75 Å². The monoisotopic (exact) mass is 342 g/mol. The summed E-state index contributed by atoms with van der Waals surface area (Å²) >= 11 is 1.00. The van der Waals surface area contributed by atoms with E-state index in [1.807, 2.05) is 12.1 Å². The fourth-order valence-corrected chi connectivity index (χ4v) is 3.07. The van der Waals surface area contributed by atoms with Crippen LogP contribution in [0.25, 0.3) is 0 Å². The first-order valence-electron chi connectivity index (χ1n) is 7.29. The molecule has 0 radical (unpaired) electrons. The molecule has 2 aromatic rings. The van der Waals surface area contributed by atoms with Gasteiger partial charge in [0.2, 0.25) is 11.7 Å². The second kappa shape index (κ2) is 7.27. The summed E-state index contributed by atoms with van der Waals surface area (Å²) in [5, 5.41) is 1.56. The van der Waals surface area contributed by atoms with Crippen molar-refractivity contribution in [2.75, 3.05) is 6.61 Å². The van der Waals surface area contributed by atoms with Crippen LogP contribution in [0.4, 0.5) is 4.79 Å². The van der Waals surface area contributed by atoms with Crippen molar-refractivity contribution in [1.29, 1.82) is 0 Å². The number of amides is 2. The highest BCUT2D eigenvalue weighted by molar-refractivity contribution is 8.15. The minimum Gasteiger partial charge on any atom is -0.485 e. The molecule has 0 bridgehead atoms. The molecule has 2 heterocycles. The van der Waals surface area contributed by atoms with E-state index < -0.39 is 5.25 Å². The highest BCUT2D eigenvalue weighted by Gasteiger charge is 2.31. The Morgan fingerprint density at radius 2 is 1.96 bits per heavy atom. The van der Waals surface area contributed by atoms with Gasteiger partial charge in [-0.3, -0.25) is 24.7 Å². The lowest BCUT2D eigenvalue weighted by atomic mass is 10.1. The van der Waals surface area contributed by atoms with E-state index in [1.165, 1.54) is 0 Å². The van der Waals surface area contributed by atoms with Crippen molar-refractivity contribution >= 4 is 28.7 Å². The fraction of sp³-hybridized carbons (Fsp3) is 0.176. The Bertz CT molecular complexity index is 762. The van der Waals surface area contributed by atoms with Gasteiger partial charge in [-0.2, -0.15) is 0 Å². The van der Waals surface area contributed by atoms with Gasteiger partial charge in [0.25, 0.3) is 5.24 Å². The third-order valence-electron chi connectivity index (χ3n) is 3.43. The van der Waals surface area contributed by atoms with Gasteiger partial charge in [0, 0.05) is 6.20 Å². The predicted octanol–water partition coefficient (Wildman–Crippen LogP) is 2.24. The number of imide groups is 1. The average molecular weight is 342 g/mol. The molecule has 1 N–H and O–H groups in total. The molecule has 7 heteroatoms. The normalized spacial score (nSPS) is 16.8. The van der Waals surface area contributed by atoms with Crippen LogP contribution >= 0.6 is 11.8 Å². The van der Waals surface area contributed by atoms with Crippen molar-refractivity contribution in [2.45, 2.75) is 11.7 Å². The molecule has 1 aliphatic rings. The van der Waals surface area contributed by atoms with Gasteiger partial charge in [0.15, 0.2) is 6.61 Å². The number of carbonyl (C=O) groups is 3. The lowest BCUT2D eigenvalue weighted by molar-refractivity contribution is -0.118. The molecule has 0 saturated carbocycles. The number of nitrogens with one attached hydrogen (secondary N) is 1. The van der Waals surface area contributed by atoms with Gasteiger partial charge < -0.3 is 4.74 Å². The molecule has 0 aliphatic carbocycles. The van der Waals surface area contributed by atoms with Gasteiger partial charge in [-0.25, -0.2) is 0 Å². The van der Waals surface area contributed by atoms with Crippen molar-refractivity contribution in [3.63, 3.8) is 0 Å². The van der Waals surface area contributed by atoms with Gasteiger partial charge in [-0.05, 0) is 36.2 Å². The van der Waals surface area contributed by atoms with Gasteiger partial charge in [-0.1, -0.05) is 30.0 Å². The van der Waals surface area contributed by atoms with Crippen molar-refractivity contribution < 1.29 is 19.1 Å². The van der Waals surface area contributed by atoms with E-state index in [2.05, 4.69) is 10.3 Å². The molecule has 1 fully saturated rings. The SMILES string of the molecule is O=C1NC(=O)[C@@H](Cc2ccc(OCC(=O)c3ccccn3)cc2)S1. The molecular formula is C17H14N2O4S. The van der Waals surface area contributed by atoms with E-state index in [9.17, 15) is 14.4 Å². The molecule has 1 aromatic carbocycles. The molecule has 1 aliphatic heterocycles. The Morgan fingerprint density at radius 1 is 1.17 bits per heavy atom. The molecule has 122 valence electrons. The molecule has 2 amide bonds. The second-order valence-corrected chi connectivity index (χ2v) is 6.33. The maximum atomic E-state index is 11.9. The predicted molar refractivity (Wildman–Crippen MR) is 89.1 cm³/mol. The number of pyridine rings is 1. The van der Waals surface area contributed by atoms with E-state index in [0.29, 0.717) is 17.9 Å². The Balaban J connectivity index is 1.54. The Kier molecular flexibility index (Phi) is 4.90. The van der Waals surface area contributed by atoms with E-state index in [4.69, 9.17) is 4.74 Å². The number of nitrogens with zero attached hydrogens (tertiary/aromatic N) is 1. The molecule has 1 saturated heterocycles. The molecule has 6 nitrogen and oxygen atoms in total. The maximum Gasteiger partial charge on any atom is 0.286 e. The van der Waals surface area contributed by atoms with E-state index in [0.717, 1.165) is 17.3 Å². The molecule has 0 unspecified atom stereocenters. The summed E-state index contributed by atoms with van der Waals surface area (Å²) in [5.41, 5.74) is 1.28. The van der Waals surface area contributed by atoms with Crippen LogP contribution in [0.15, 0.2) is 48.7 Å². The van der Waals surface area contributed by atoms with Crippen LogP contribution in [-0.2, 0) is 11.2 Å². The first-order chi connectivity index (χ1) is 11.6. The highest BCUT2D eigenvalue weighted by atomic mass is 32.2. The van der Waals surface area contributed by atoms with Gasteiger partial charge in [-0.15, -0.1) is 0 Å². The number of thioether (sulfide) groups is 1. The number of ketones is 1. The summed E-state index contributed by atoms with van der Waals surface area (Å²) < 4.78 is 5.46. The van der Waals surface area contributed by atoms with Gasteiger partial charge in [0.05, 0.1) is 5.25 Å². The Labute approximate surface area is 142 Å². The number of hydrogen-bond acceptors (Lipinski definition) is 6. The Morgan fingerprint density at radius 3 is 2.58 bits per heavy atom. The minimum absolute atomic E-state index is 0.0915. The van der Waals surface area contributed by atoms with Crippen LogP contribution in [-0.4, -0.2) is 33.8 Å². The number of Topliss-reactive ketones (excluding diaryl/α,β-unsaturated/α-hetero) is 1. The van der Waals surface area contributed by atoms with Gasteiger partial charge >= 0.3 is 0 Å². The molecule has 1 atom stereocenters. The summed E-state index contributed by atoms with van der Waals surface area (Å²) in [6.45, 7) is -0.0915. The highest BCUT2D eigenvalue weighted by Crippen LogP contribution is 2.23. The van der Waals surface area contributed by atoms with Gasteiger partial charge in [0.1, 0.15) is 11.4 Å². The number of rotatable bonds is 6. The summed E-state index contributed by atoms with van der Waals surface area (Å²) in [4.78, 5) is 38.6. The number of carbonyl (C=O) groups excluding carboxylic acids is 3. The first kappa shape index (κ1) is 16.2. The third-order valence-corrected chi connectivity index (χ3v) is 4.41. The van der Waals surface area contributed by atoms with E-state index in [-0.39, 0.29) is 23.5 Å². The summed E-state index contributed by atoms with van der Waals surface area (Å²) in [5.74, 6) is 0.103. The lowest BCUT2D eigenvalue weighted by Gasteiger charge is -2.08. The number of benzene rings is 1. The van der Waals surface area contributed by atoms with Crippen molar-refractivity contribution in [1.82, 2.24) is 10.3 Å². The smallest absolute Gasteiger partial charge is 0.286 e. The molecule has 24 heavy (non-hydrogen) atoms. The zero-order valence-electron chi connectivity index (χ0n) is 12.6. The zero-order chi connectivity index (χ0) is 16.9. The summed E-state index contributed by atoms with van der Waals surface area (Å²) in [6.07, 6.45) is 2.03. The van der Waals surface area contributed by atoms with Crippen molar-refractivity contribution in [3.05, 3.63) is 59.9 Å². The standard InChI is InChI=1S/C17H14N2O4S/c20-14(13-3-1-2-8-18-13)10-23-12-6-4-11(5-7-12)9-15-16(21)19-17(22)24-15/h1-8,15H,9-10H2,(H,19,21,22)/t15-/m1/s1. The molecule has 0 spiro atoms. The number of hydrogen-bond donors (Lipinski definition) is 1. The van der Waals surface area contributed by atoms with Crippen LogP contribution in [0.5, 0.6) is 5.75 Å². The maximum absolute atomic E-state index is 11.9. The van der Waals surface area contributed by atoms with E-state index >= 15 is 0 Å². The quantitative estimate of drug-likeness (QED) is 0.811. The van der Waals surface area contributed by atoms with Crippen LogP contribution in [0, 0.1) is 0 Å². The van der Waals surface area contributed by atoms with Crippen LogP contribution < -0.4 is 10.1 Å². The van der Waals surface area contributed by atoms with E-state index in [1.54, 1.807) is 36.5 Å². The molecule has 1 aromatic heterocycles. The first-order valence-corrected chi connectivity index (χ1v) is 8.17. The minimum atomic E-state index is -0.394. The van der Waals surface area contributed by atoms with Crippen LogP contribution in [0.1, 0.15) is 16.1 Å². The largest absolute Gasteiger partial charge is 0.485 e. The van der Waals surface area contributed by atoms with Crippen LogP contribution in [0.2, 0.25) is 0 Å². The molecule has 3 rings (SSSR count). The summed E-state index contributed by atoms with van der Waals surface area (Å²) in [6, 6.07) is 12.2. The zero-order valence-corrected chi connectivity index (χ0v) is 13.4. The van der Waals surface area contributed by atoms with Crippen molar-refractivity contribution in [2.24, 2.45) is 0 Å². The molecular weight excluding hydrogens is 328 g/mol. The fourth-order valence-electron chi connectivity index (χ4n) is 2.21. The lowest BCUT2D eigenvalue weighted by Crippen LogP contribution is -2.25.